The van der Waals surface area contributed by atoms with Crippen LogP contribution in [0.25, 0.3) is 0 Å². The second kappa shape index (κ2) is 6.35. The summed E-state index contributed by atoms with van der Waals surface area (Å²) in [6.45, 7) is 0.950. The summed E-state index contributed by atoms with van der Waals surface area (Å²) >= 11 is 0. The van der Waals surface area contributed by atoms with Crippen molar-refractivity contribution in [1.82, 2.24) is 0 Å². The Balaban J connectivity index is 2.37. The molecule has 0 amide bonds. The molecular weight excluding hydrogens is 200 g/mol. The summed E-state index contributed by atoms with van der Waals surface area (Å²) in [5.74, 6) is -1.60. The van der Waals surface area contributed by atoms with Gasteiger partial charge in [0.1, 0.15) is 0 Å². The number of hydrogen-bond acceptors (Lipinski definition) is 2. The molecule has 0 aliphatic heterocycles. The Labute approximate surface area is 88.0 Å². The molecule has 0 unspecified atom stereocenters. The Kier molecular flexibility index (Phi) is 5.04. The van der Waals surface area contributed by atoms with Gasteiger partial charge in [0.15, 0.2) is 17.4 Å². The van der Waals surface area contributed by atoms with Crippen molar-refractivity contribution in [3.63, 3.8) is 0 Å². The van der Waals surface area contributed by atoms with Gasteiger partial charge in [-0.05, 0) is 37.9 Å². The Morgan fingerprint density at radius 3 is 2.33 bits per heavy atom. The lowest BCUT2D eigenvalue weighted by Crippen LogP contribution is -2.03. The van der Waals surface area contributed by atoms with Crippen LogP contribution in [0.2, 0.25) is 0 Å². The first kappa shape index (κ1) is 11.9. The first-order valence-electron chi connectivity index (χ1n) is 5.02. The highest BCUT2D eigenvalue weighted by molar-refractivity contribution is 5.25. The number of benzene rings is 1. The zero-order valence-corrected chi connectivity index (χ0v) is 8.51. The van der Waals surface area contributed by atoms with Crippen molar-refractivity contribution in [2.45, 2.75) is 19.3 Å². The summed E-state index contributed by atoms with van der Waals surface area (Å²) in [4.78, 5) is 0. The Morgan fingerprint density at radius 1 is 1.07 bits per heavy atom. The van der Waals surface area contributed by atoms with Crippen LogP contribution >= 0.6 is 0 Å². The van der Waals surface area contributed by atoms with Crippen LogP contribution in [0.15, 0.2) is 18.2 Å². The fourth-order valence-corrected chi connectivity index (χ4v) is 1.22. The second-order valence-corrected chi connectivity index (χ2v) is 3.25. The van der Waals surface area contributed by atoms with E-state index in [0.717, 1.165) is 19.3 Å². The summed E-state index contributed by atoms with van der Waals surface area (Å²) < 4.78 is 31.1. The lowest BCUT2D eigenvalue weighted by atomic mass is 10.2. The monoisotopic (exact) mass is 215 g/mol. The van der Waals surface area contributed by atoms with E-state index in [2.05, 4.69) is 0 Å². The van der Waals surface area contributed by atoms with Gasteiger partial charge < -0.3 is 10.5 Å². The maximum atomic E-state index is 13.0. The van der Waals surface area contributed by atoms with Crippen molar-refractivity contribution in [2.75, 3.05) is 13.2 Å². The third kappa shape index (κ3) is 3.83. The maximum absolute atomic E-state index is 13.0. The van der Waals surface area contributed by atoms with Gasteiger partial charge in [-0.3, -0.25) is 0 Å². The molecule has 0 aliphatic carbocycles. The molecule has 0 aromatic heterocycles. The minimum absolute atomic E-state index is 0.287. The molecule has 2 N–H and O–H groups in total. The molecule has 0 saturated carbocycles. The molecule has 1 rings (SSSR count). The smallest absolute Gasteiger partial charge is 0.190 e. The van der Waals surface area contributed by atoms with E-state index in [0.29, 0.717) is 13.2 Å². The highest BCUT2D eigenvalue weighted by atomic mass is 19.1. The highest BCUT2D eigenvalue weighted by Crippen LogP contribution is 2.20. The molecule has 0 saturated heterocycles. The van der Waals surface area contributed by atoms with E-state index in [1.165, 1.54) is 18.2 Å². The minimum atomic E-state index is -0.658. The molecule has 0 fully saturated rings. The molecule has 84 valence electrons. The molecule has 1 aromatic carbocycles. The first-order chi connectivity index (χ1) is 7.25. The van der Waals surface area contributed by atoms with E-state index in [-0.39, 0.29) is 5.75 Å². The molecule has 15 heavy (non-hydrogen) atoms. The van der Waals surface area contributed by atoms with Gasteiger partial charge in [0.2, 0.25) is 0 Å². The van der Waals surface area contributed by atoms with Gasteiger partial charge in [0.25, 0.3) is 0 Å². The molecule has 0 atom stereocenters. The quantitative estimate of drug-likeness (QED) is 0.740. The van der Waals surface area contributed by atoms with Gasteiger partial charge in [-0.15, -0.1) is 0 Å². The van der Waals surface area contributed by atoms with Crippen LogP contribution in [-0.4, -0.2) is 13.2 Å². The van der Waals surface area contributed by atoms with Gasteiger partial charge >= 0.3 is 0 Å². The molecule has 0 heterocycles. The van der Waals surface area contributed by atoms with E-state index in [9.17, 15) is 8.78 Å². The summed E-state index contributed by atoms with van der Waals surface area (Å²) in [5, 5.41) is 0. The van der Waals surface area contributed by atoms with Gasteiger partial charge in [-0.25, -0.2) is 8.78 Å². The second-order valence-electron chi connectivity index (χ2n) is 3.25. The largest absolute Gasteiger partial charge is 0.488 e. The van der Waals surface area contributed by atoms with E-state index in [1.54, 1.807) is 0 Å². The van der Waals surface area contributed by atoms with Crippen LogP contribution in [0.5, 0.6) is 5.75 Å². The lowest BCUT2D eigenvalue weighted by molar-refractivity contribution is 0.276. The van der Waals surface area contributed by atoms with Crippen LogP contribution in [0, 0.1) is 11.6 Å². The number of ether oxygens (including phenoxy) is 1. The number of nitrogens with two attached hydrogens (primary N) is 1. The first-order valence-corrected chi connectivity index (χ1v) is 5.02. The SMILES string of the molecule is NCCCCCOc1c(F)cccc1F. The Morgan fingerprint density at radius 2 is 1.73 bits per heavy atom. The Hall–Kier alpha value is -1.16. The zero-order valence-electron chi connectivity index (χ0n) is 8.51. The number of unbranched alkanes of at least 4 members (excludes halogenated alkanes) is 2. The van der Waals surface area contributed by atoms with Gasteiger partial charge in [-0.2, -0.15) is 0 Å². The average Bonchev–Trinajstić information content (AvgIpc) is 2.21. The molecular formula is C11H15F2NO. The molecule has 0 radical (unpaired) electrons. The maximum Gasteiger partial charge on any atom is 0.190 e. The van der Waals surface area contributed by atoms with Crippen LogP contribution in [0.1, 0.15) is 19.3 Å². The number of rotatable bonds is 6. The fourth-order valence-electron chi connectivity index (χ4n) is 1.22. The summed E-state index contributed by atoms with van der Waals surface area (Å²) in [6.07, 6.45) is 2.57. The zero-order chi connectivity index (χ0) is 11.1. The average molecular weight is 215 g/mol. The third-order valence-electron chi connectivity index (χ3n) is 2.01. The molecule has 0 spiro atoms. The minimum Gasteiger partial charge on any atom is -0.488 e. The van der Waals surface area contributed by atoms with Crippen LogP contribution in [0.3, 0.4) is 0 Å². The van der Waals surface area contributed by atoms with Crippen LogP contribution in [0.4, 0.5) is 8.78 Å². The van der Waals surface area contributed by atoms with Gasteiger partial charge in [0, 0.05) is 0 Å². The summed E-state index contributed by atoms with van der Waals surface area (Å²) in [7, 11) is 0. The molecule has 0 aliphatic rings. The van der Waals surface area contributed by atoms with E-state index >= 15 is 0 Å². The van der Waals surface area contributed by atoms with Crippen LogP contribution in [-0.2, 0) is 0 Å². The number of halogens is 2. The Bertz CT molecular complexity index is 284. The van der Waals surface area contributed by atoms with Crippen molar-refractivity contribution in [1.29, 1.82) is 0 Å². The van der Waals surface area contributed by atoms with Crippen molar-refractivity contribution in [3.8, 4) is 5.75 Å². The van der Waals surface area contributed by atoms with Crippen molar-refractivity contribution < 1.29 is 13.5 Å². The van der Waals surface area contributed by atoms with E-state index in [1.807, 2.05) is 0 Å². The van der Waals surface area contributed by atoms with Crippen LogP contribution < -0.4 is 10.5 Å². The van der Waals surface area contributed by atoms with Gasteiger partial charge in [-0.1, -0.05) is 6.07 Å². The molecule has 2 nitrogen and oxygen atoms in total. The highest BCUT2D eigenvalue weighted by Gasteiger charge is 2.08. The van der Waals surface area contributed by atoms with Crippen molar-refractivity contribution in [2.24, 2.45) is 5.73 Å². The number of hydrogen-bond donors (Lipinski definition) is 1. The fraction of sp³-hybridized carbons (Fsp3) is 0.455. The standard InChI is InChI=1S/C11H15F2NO/c12-9-5-4-6-10(13)11(9)15-8-3-1-2-7-14/h4-6H,1-3,7-8,14H2. The molecule has 1 aromatic rings. The topological polar surface area (TPSA) is 35.2 Å². The predicted octanol–water partition coefficient (Wildman–Crippen LogP) is 2.47. The summed E-state index contributed by atoms with van der Waals surface area (Å²) in [5.41, 5.74) is 5.31. The predicted molar refractivity (Wildman–Crippen MR) is 54.8 cm³/mol. The van der Waals surface area contributed by atoms with Crippen molar-refractivity contribution in [3.05, 3.63) is 29.8 Å². The van der Waals surface area contributed by atoms with E-state index < -0.39 is 11.6 Å². The third-order valence-corrected chi connectivity index (χ3v) is 2.01. The van der Waals surface area contributed by atoms with Gasteiger partial charge in [0.05, 0.1) is 6.61 Å². The number of para-hydroxylation sites is 1. The molecule has 4 heteroatoms. The normalized spacial score (nSPS) is 10.3. The summed E-state index contributed by atoms with van der Waals surface area (Å²) in [6, 6.07) is 3.67. The van der Waals surface area contributed by atoms with E-state index in [4.69, 9.17) is 10.5 Å². The lowest BCUT2D eigenvalue weighted by Gasteiger charge is -2.07. The van der Waals surface area contributed by atoms with Crippen molar-refractivity contribution >= 4 is 0 Å². The molecule has 0 bridgehead atoms.